The maximum Gasteiger partial charge on any atom is 0.0587 e. The average molecular weight is 317 g/mol. The van der Waals surface area contributed by atoms with Crippen molar-refractivity contribution in [2.24, 2.45) is 0 Å². The molecule has 0 heterocycles. The van der Waals surface area contributed by atoms with E-state index in [1.54, 1.807) is 7.11 Å². The van der Waals surface area contributed by atoms with Crippen LogP contribution < -0.4 is 10.2 Å². The molecule has 1 rings (SSSR count). The molecule has 1 unspecified atom stereocenters. The second-order valence-electron chi connectivity index (χ2n) is 4.86. The van der Waals surface area contributed by atoms with Crippen LogP contribution in [-0.2, 0) is 11.3 Å². The minimum absolute atomic E-state index is 0.473. The van der Waals surface area contributed by atoms with Gasteiger partial charge in [0.2, 0.25) is 0 Å². The molecule has 0 aliphatic heterocycles. The zero-order valence-electron chi connectivity index (χ0n) is 12.8. The molecule has 1 N–H and O–H groups in total. The van der Waals surface area contributed by atoms with Crippen molar-refractivity contribution >= 4 is 29.1 Å². The number of anilines is 1. The third-order valence-corrected chi connectivity index (χ3v) is 4.35. The van der Waals surface area contributed by atoms with E-state index < -0.39 is 0 Å². The van der Waals surface area contributed by atoms with Crippen molar-refractivity contribution in [2.45, 2.75) is 19.5 Å². The highest BCUT2D eigenvalue weighted by Gasteiger charge is 2.13. The third kappa shape index (κ3) is 5.52. The summed E-state index contributed by atoms with van der Waals surface area (Å²) in [5, 5.41) is 4.17. The van der Waals surface area contributed by atoms with E-state index in [1.165, 1.54) is 11.3 Å². The van der Waals surface area contributed by atoms with Crippen LogP contribution in [0.1, 0.15) is 12.5 Å². The van der Waals surface area contributed by atoms with E-state index in [-0.39, 0.29) is 0 Å². The lowest BCUT2D eigenvalue weighted by Gasteiger charge is -2.29. The van der Waals surface area contributed by atoms with Gasteiger partial charge in [-0.1, -0.05) is 17.7 Å². The molecule has 0 aliphatic rings. The summed E-state index contributed by atoms with van der Waals surface area (Å²) in [6, 6.07) is 6.57. The zero-order chi connectivity index (χ0) is 15.0. The molecule has 5 heteroatoms. The molecule has 0 aromatic heterocycles. The Morgan fingerprint density at radius 1 is 1.45 bits per heavy atom. The van der Waals surface area contributed by atoms with Crippen molar-refractivity contribution in [2.75, 3.05) is 44.2 Å². The van der Waals surface area contributed by atoms with Gasteiger partial charge < -0.3 is 15.0 Å². The molecule has 1 aromatic rings. The Labute approximate surface area is 132 Å². The first kappa shape index (κ1) is 17.6. The lowest BCUT2D eigenvalue weighted by atomic mass is 10.1. The van der Waals surface area contributed by atoms with Crippen LogP contribution in [0.2, 0.25) is 5.02 Å². The van der Waals surface area contributed by atoms with Crippen LogP contribution in [0, 0.1) is 0 Å². The van der Waals surface area contributed by atoms with Crippen LogP contribution >= 0.6 is 23.4 Å². The molecule has 1 atom stereocenters. The van der Waals surface area contributed by atoms with Gasteiger partial charge in [-0.05, 0) is 30.9 Å². The van der Waals surface area contributed by atoms with Crippen molar-refractivity contribution in [1.29, 1.82) is 0 Å². The second-order valence-corrected chi connectivity index (χ2v) is 6.20. The fourth-order valence-electron chi connectivity index (χ4n) is 2.00. The molecule has 3 nitrogen and oxygen atoms in total. The standard InChI is InChI=1S/C15H25ClN2OS/c1-12(11-20-4)18(2)15-9-14(16)6-5-13(15)10-17-7-8-19-3/h5-6,9,12,17H,7-8,10-11H2,1-4H3. The molecule has 0 radical (unpaired) electrons. The Morgan fingerprint density at radius 3 is 2.85 bits per heavy atom. The Hall–Kier alpha value is -0.420. The fourth-order valence-corrected chi connectivity index (χ4v) is 2.87. The molecule has 20 heavy (non-hydrogen) atoms. The van der Waals surface area contributed by atoms with Gasteiger partial charge in [-0.3, -0.25) is 0 Å². The minimum atomic E-state index is 0.473. The SMILES string of the molecule is COCCNCc1ccc(Cl)cc1N(C)C(C)CSC. The van der Waals surface area contributed by atoms with E-state index in [2.05, 4.69) is 36.5 Å². The molecule has 0 spiro atoms. The van der Waals surface area contributed by atoms with Gasteiger partial charge in [0.05, 0.1) is 6.61 Å². The van der Waals surface area contributed by atoms with Crippen molar-refractivity contribution in [3.63, 3.8) is 0 Å². The quantitative estimate of drug-likeness (QED) is 0.707. The maximum atomic E-state index is 6.15. The molecular formula is C15H25ClN2OS. The van der Waals surface area contributed by atoms with E-state index in [0.717, 1.165) is 30.5 Å². The summed E-state index contributed by atoms with van der Waals surface area (Å²) in [4.78, 5) is 2.30. The van der Waals surface area contributed by atoms with Gasteiger partial charge in [0.1, 0.15) is 0 Å². The van der Waals surface area contributed by atoms with Crippen molar-refractivity contribution in [1.82, 2.24) is 5.32 Å². The van der Waals surface area contributed by atoms with Crippen molar-refractivity contribution in [3.8, 4) is 0 Å². The zero-order valence-corrected chi connectivity index (χ0v) is 14.4. The summed E-state index contributed by atoms with van der Waals surface area (Å²) >= 11 is 8.01. The van der Waals surface area contributed by atoms with E-state index in [0.29, 0.717) is 6.04 Å². The number of thioether (sulfide) groups is 1. The summed E-state index contributed by atoms with van der Waals surface area (Å²) in [5.74, 6) is 1.10. The number of nitrogens with one attached hydrogen (secondary N) is 1. The van der Waals surface area contributed by atoms with Crippen LogP contribution in [-0.4, -0.2) is 45.4 Å². The number of benzene rings is 1. The first-order valence-electron chi connectivity index (χ1n) is 6.80. The van der Waals surface area contributed by atoms with E-state index >= 15 is 0 Å². The highest BCUT2D eigenvalue weighted by molar-refractivity contribution is 7.98. The topological polar surface area (TPSA) is 24.5 Å². The predicted octanol–water partition coefficient (Wildman–Crippen LogP) is 3.26. The molecule has 0 fully saturated rings. The van der Waals surface area contributed by atoms with Crippen LogP contribution in [0.5, 0.6) is 0 Å². The monoisotopic (exact) mass is 316 g/mol. The number of hydrogen-bond donors (Lipinski definition) is 1. The molecule has 114 valence electrons. The molecule has 0 amide bonds. The first-order valence-corrected chi connectivity index (χ1v) is 8.57. The van der Waals surface area contributed by atoms with E-state index in [1.807, 2.05) is 23.9 Å². The van der Waals surface area contributed by atoms with Gasteiger partial charge in [0, 0.05) is 49.8 Å². The minimum Gasteiger partial charge on any atom is -0.383 e. The van der Waals surface area contributed by atoms with Crippen LogP contribution in [0.4, 0.5) is 5.69 Å². The smallest absolute Gasteiger partial charge is 0.0587 e. The van der Waals surface area contributed by atoms with E-state index in [4.69, 9.17) is 16.3 Å². The molecule has 1 aromatic carbocycles. The first-order chi connectivity index (χ1) is 9.60. The highest BCUT2D eigenvalue weighted by atomic mass is 35.5. The van der Waals surface area contributed by atoms with Crippen LogP contribution in [0.15, 0.2) is 18.2 Å². The summed E-state index contributed by atoms with van der Waals surface area (Å²) in [6.07, 6.45) is 2.13. The molecule has 0 saturated carbocycles. The fraction of sp³-hybridized carbons (Fsp3) is 0.600. The number of halogens is 1. The van der Waals surface area contributed by atoms with Crippen LogP contribution in [0.25, 0.3) is 0 Å². The maximum absolute atomic E-state index is 6.15. The summed E-state index contributed by atoms with van der Waals surface area (Å²) in [5.41, 5.74) is 2.46. The predicted molar refractivity (Wildman–Crippen MR) is 91.3 cm³/mol. The number of hydrogen-bond acceptors (Lipinski definition) is 4. The number of methoxy groups -OCH3 is 1. The molecule has 0 saturated heterocycles. The number of rotatable bonds is 9. The van der Waals surface area contributed by atoms with Crippen LogP contribution in [0.3, 0.4) is 0 Å². The summed E-state index contributed by atoms with van der Waals surface area (Å²) in [7, 11) is 3.85. The molecule has 0 bridgehead atoms. The van der Waals surface area contributed by atoms with Gasteiger partial charge in [-0.15, -0.1) is 0 Å². The van der Waals surface area contributed by atoms with Gasteiger partial charge >= 0.3 is 0 Å². The average Bonchev–Trinajstić information content (AvgIpc) is 2.44. The van der Waals surface area contributed by atoms with Gasteiger partial charge in [0.25, 0.3) is 0 Å². The Morgan fingerprint density at radius 2 is 2.20 bits per heavy atom. The van der Waals surface area contributed by atoms with E-state index in [9.17, 15) is 0 Å². The third-order valence-electron chi connectivity index (χ3n) is 3.29. The van der Waals surface area contributed by atoms with Gasteiger partial charge in [-0.25, -0.2) is 0 Å². The number of nitrogens with zero attached hydrogens (tertiary/aromatic N) is 1. The Balaban J connectivity index is 2.78. The summed E-state index contributed by atoms with van der Waals surface area (Å²) < 4.78 is 5.05. The Bertz CT molecular complexity index is 403. The summed E-state index contributed by atoms with van der Waals surface area (Å²) in [6.45, 7) is 4.63. The number of ether oxygens (including phenoxy) is 1. The Kier molecular flexibility index (Phi) is 8.38. The second kappa shape index (κ2) is 9.50. The largest absolute Gasteiger partial charge is 0.383 e. The van der Waals surface area contributed by atoms with Crippen molar-refractivity contribution < 1.29 is 4.74 Å². The molecular weight excluding hydrogens is 292 g/mol. The lowest BCUT2D eigenvalue weighted by Crippen LogP contribution is -2.32. The van der Waals surface area contributed by atoms with Gasteiger partial charge in [0.15, 0.2) is 0 Å². The highest BCUT2D eigenvalue weighted by Crippen LogP contribution is 2.26. The lowest BCUT2D eigenvalue weighted by molar-refractivity contribution is 0.199. The van der Waals surface area contributed by atoms with Gasteiger partial charge in [-0.2, -0.15) is 11.8 Å². The van der Waals surface area contributed by atoms with Crippen molar-refractivity contribution in [3.05, 3.63) is 28.8 Å². The molecule has 0 aliphatic carbocycles. The normalized spacial score (nSPS) is 12.4.